The van der Waals surface area contributed by atoms with Crippen LogP contribution in [-0.2, 0) is 4.74 Å². The van der Waals surface area contributed by atoms with Crippen molar-refractivity contribution in [2.75, 3.05) is 47.4 Å². The Morgan fingerprint density at radius 1 is 1.00 bits per heavy atom. The topological polar surface area (TPSA) is 35.2 Å². The summed E-state index contributed by atoms with van der Waals surface area (Å²) < 4.78 is 6.47. The first-order valence-corrected chi connectivity index (χ1v) is 5.14. The quantitative estimate of drug-likeness (QED) is 0.377. The van der Waals surface area contributed by atoms with Crippen molar-refractivity contribution in [2.45, 2.75) is 19.3 Å². The lowest BCUT2D eigenvalue weighted by molar-refractivity contribution is -0.870. The molecular weight excluding hydrogens is 200 g/mol. The third-order valence-electron chi connectivity index (χ3n) is 1.90. The number of quaternary nitrogens is 1. The second kappa shape index (κ2) is 9.71. The van der Waals surface area contributed by atoms with Gasteiger partial charge in [-0.1, -0.05) is 0 Å². The molecule has 0 amide bonds. The molecule has 88 valence electrons. The van der Waals surface area contributed by atoms with Gasteiger partial charge in [0.2, 0.25) is 0 Å². The normalized spacial score (nSPS) is 11.1. The van der Waals surface area contributed by atoms with Crippen molar-refractivity contribution >= 4 is 0 Å². The lowest BCUT2D eigenvalue weighted by Gasteiger charge is -2.23. The van der Waals surface area contributed by atoms with Gasteiger partial charge in [-0.15, -0.1) is 0 Å². The summed E-state index contributed by atoms with van der Waals surface area (Å²) in [5, 5.41) is 0. The van der Waals surface area contributed by atoms with Crippen LogP contribution in [0.4, 0.5) is 0 Å². The molecule has 0 atom stereocenters. The van der Waals surface area contributed by atoms with E-state index in [2.05, 4.69) is 21.1 Å². The van der Waals surface area contributed by atoms with Gasteiger partial charge >= 0.3 is 0 Å². The smallest absolute Gasteiger partial charge is 0.102 e. The molecule has 2 N–H and O–H groups in total. The lowest BCUT2D eigenvalue weighted by atomic mass is 10.2. The zero-order valence-electron chi connectivity index (χ0n) is 9.76. The van der Waals surface area contributed by atoms with Gasteiger partial charge < -0.3 is 27.4 Å². The van der Waals surface area contributed by atoms with Crippen LogP contribution in [0.3, 0.4) is 0 Å². The maximum atomic E-state index is 5.50. The summed E-state index contributed by atoms with van der Waals surface area (Å²) in [5.41, 5.74) is 5.38. The second-order valence-corrected chi connectivity index (χ2v) is 4.48. The van der Waals surface area contributed by atoms with Gasteiger partial charge in [-0.3, -0.25) is 0 Å². The molecule has 0 unspecified atom stereocenters. The molecule has 0 rings (SSSR count). The van der Waals surface area contributed by atoms with E-state index in [-0.39, 0.29) is 12.4 Å². The fourth-order valence-electron chi connectivity index (χ4n) is 0.966. The van der Waals surface area contributed by atoms with Crippen LogP contribution in [0.15, 0.2) is 0 Å². The van der Waals surface area contributed by atoms with Gasteiger partial charge in [0.15, 0.2) is 0 Å². The highest BCUT2D eigenvalue weighted by atomic mass is 35.5. The molecule has 0 aliphatic carbocycles. The highest BCUT2D eigenvalue weighted by molar-refractivity contribution is 4.41. The Kier molecular flexibility index (Phi) is 11.5. The summed E-state index contributed by atoms with van der Waals surface area (Å²) in [7, 11) is 6.54. The number of ether oxygens (including phenoxy) is 1. The minimum absolute atomic E-state index is 0. The zero-order chi connectivity index (χ0) is 10.2. The number of hydrogen-bond donors (Lipinski definition) is 1. The maximum Gasteiger partial charge on any atom is 0.102 e. The average Bonchev–Trinajstić information content (AvgIpc) is 2.01. The second-order valence-electron chi connectivity index (χ2n) is 4.48. The van der Waals surface area contributed by atoms with E-state index in [1.807, 2.05) is 0 Å². The summed E-state index contributed by atoms with van der Waals surface area (Å²) in [5.74, 6) is 0. The van der Waals surface area contributed by atoms with Crippen LogP contribution in [0.1, 0.15) is 19.3 Å². The van der Waals surface area contributed by atoms with E-state index in [1.165, 1.54) is 6.42 Å². The number of nitrogens with zero attached hydrogens (tertiary/aromatic N) is 1. The molecule has 0 saturated carbocycles. The number of halogens is 1. The van der Waals surface area contributed by atoms with Gasteiger partial charge in [-0.05, 0) is 25.8 Å². The van der Waals surface area contributed by atoms with Crippen LogP contribution in [0, 0.1) is 0 Å². The zero-order valence-corrected chi connectivity index (χ0v) is 10.5. The van der Waals surface area contributed by atoms with E-state index in [9.17, 15) is 0 Å². The Bertz CT molecular complexity index is 115. The molecule has 0 aromatic heterocycles. The van der Waals surface area contributed by atoms with Crippen molar-refractivity contribution in [1.82, 2.24) is 0 Å². The molecule has 0 aliphatic rings. The number of unbranched alkanes of at least 4 members (excludes halogenated alkanes) is 2. The Balaban J connectivity index is 0. The molecule has 0 heterocycles. The van der Waals surface area contributed by atoms with Gasteiger partial charge in [-0.2, -0.15) is 0 Å². The molecule has 14 heavy (non-hydrogen) atoms. The predicted octanol–water partition coefficient (Wildman–Crippen LogP) is -2.16. The number of likely N-dealkylation sites (N-methyl/N-ethyl adjacent to an activating group) is 1. The Morgan fingerprint density at radius 3 is 2.14 bits per heavy atom. The van der Waals surface area contributed by atoms with E-state index >= 15 is 0 Å². The van der Waals surface area contributed by atoms with E-state index in [0.29, 0.717) is 0 Å². The van der Waals surface area contributed by atoms with Crippen LogP contribution < -0.4 is 18.1 Å². The summed E-state index contributed by atoms with van der Waals surface area (Å²) in [6.45, 7) is 3.64. The van der Waals surface area contributed by atoms with E-state index in [1.54, 1.807) is 0 Å². The van der Waals surface area contributed by atoms with Gasteiger partial charge in [-0.25, -0.2) is 0 Å². The monoisotopic (exact) mass is 224 g/mol. The van der Waals surface area contributed by atoms with E-state index in [4.69, 9.17) is 10.5 Å². The van der Waals surface area contributed by atoms with Gasteiger partial charge in [0.05, 0.1) is 27.7 Å². The first-order valence-electron chi connectivity index (χ1n) is 5.14. The van der Waals surface area contributed by atoms with Crippen molar-refractivity contribution in [2.24, 2.45) is 5.73 Å². The highest BCUT2D eigenvalue weighted by Crippen LogP contribution is 1.95. The molecule has 0 aliphatic heterocycles. The van der Waals surface area contributed by atoms with Crippen molar-refractivity contribution in [3.8, 4) is 0 Å². The fraction of sp³-hybridized carbons (Fsp3) is 1.00. The minimum atomic E-state index is 0. The van der Waals surface area contributed by atoms with E-state index in [0.717, 1.165) is 43.6 Å². The molecule has 4 heteroatoms. The first kappa shape index (κ1) is 16.6. The maximum absolute atomic E-state index is 5.50. The molecule has 0 saturated heterocycles. The number of rotatable bonds is 8. The molecule has 0 aromatic rings. The van der Waals surface area contributed by atoms with Crippen molar-refractivity contribution in [3.05, 3.63) is 0 Å². The van der Waals surface area contributed by atoms with Crippen LogP contribution in [0.25, 0.3) is 0 Å². The van der Waals surface area contributed by atoms with Crippen molar-refractivity contribution in [1.29, 1.82) is 0 Å². The highest BCUT2D eigenvalue weighted by Gasteiger charge is 2.04. The van der Waals surface area contributed by atoms with Gasteiger partial charge in [0.25, 0.3) is 0 Å². The molecular formula is C10H25ClN2O. The van der Waals surface area contributed by atoms with Crippen molar-refractivity contribution < 1.29 is 21.6 Å². The molecule has 3 nitrogen and oxygen atoms in total. The number of nitrogens with two attached hydrogens (primary N) is 1. The molecule has 0 radical (unpaired) electrons. The standard InChI is InChI=1S/C10H25N2O.ClH/c1-12(2,3)8-10-13-9-6-4-5-7-11;/h4-11H2,1-3H3;1H/q+1;/p-1. The Morgan fingerprint density at radius 2 is 1.64 bits per heavy atom. The van der Waals surface area contributed by atoms with Gasteiger partial charge in [0.1, 0.15) is 6.54 Å². The molecule has 0 aromatic carbocycles. The van der Waals surface area contributed by atoms with Crippen LogP contribution in [0.2, 0.25) is 0 Å². The average molecular weight is 225 g/mol. The number of hydrogen-bond acceptors (Lipinski definition) is 2. The fourth-order valence-corrected chi connectivity index (χ4v) is 0.966. The summed E-state index contributed by atoms with van der Waals surface area (Å²) >= 11 is 0. The summed E-state index contributed by atoms with van der Waals surface area (Å²) in [4.78, 5) is 0. The van der Waals surface area contributed by atoms with Gasteiger partial charge in [0, 0.05) is 6.61 Å². The third-order valence-corrected chi connectivity index (χ3v) is 1.90. The van der Waals surface area contributed by atoms with Crippen molar-refractivity contribution in [3.63, 3.8) is 0 Å². The SMILES string of the molecule is C[N+](C)(C)CCOCCCCCN.[Cl-]. The summed E-state index contributed by atoms with van der Waals surface area (Å²) in [6, 6.07) is 0. The molecule has 0 bridgehead atoms. The summed E-state index contributed by atoms with van der Waals surface area (Å²) in [6.07, 6.45) is 3.47. The van der Waals surface area contributed by atoms with Crippen LogP contribution in [0.5, 0.6) is 0 Å². The Labute approximate surface area is 94.6 Å². The molecule has 0 fully saturated rings. The first-order chi connectivity index (χ1) is 6.06. The third kappa shape index (κ3) is 14.7. The van der Waals surface area contributed by atoms with E-state index < -0.39 is 0 Å². The lowest BCUT2D eigenvalue weighted by Crippen LogP contribution is -3.00. The predicted molar refractivity (Wildman–Crippen MR) is 56.6 cm³/mol. The minimum Gasteiger partial charge on any atom is -1.00 e. The van der Waals surface area contributed by atoms with Crippen LogP contribution >= 0.6 is 0 Å². The Hall–Kier alpha value is 0.170. The molecule has 0 spiro atoms. The van der Waals surface area contributed by atoms with Crippen LogP contribution in [-0.4, -0.2) is 51.9 Å². The largest absolute Gasteiger partial charge is 1.00 e.